The van der Waals surface area contributed by atoms with Crippen LogP contribution in [0.1, 0.15) is 32.3 Å². The highest BCUT2D eigenvalue weighted by Crippen LogP contribution is 2.02. The maximum atomic E-state index is 5.14. The van der Waals surface area contributed by atoms with Gasteiger partial charge in [-0.15, -0.1) is 0 Å². The van der Waals surface area contributed by atoms with Gasteiger partial charge in [-0.05, 0) is 36.5 Å². The summed E-state index contributed by atoms with van der Waals surface area (Å²) in [6, 6.07) is 10.1. The van der Waals surface area contributed by atoms with Crippen molar-refractivity contribution in [3.8, 4) is 0 Å². The number of nitrogens with zero attached hydrogens (tertiary/aromatic N) is 1. The molecule has 18 heavy (non-hydrogen) atoms. The summed E-state index contributed by atoms with van der Waals surface area (Å²) in [7, 11) is 0. The van der Waals surface area contributed by atoms with E-state index in [0.717, 1.165) is 12.8 Å². The van der Waals surface area contributed by atoms with Crippen molar-refractivity contribution in [3.63, 3.8) is 0 Å². The number of benzene rings is 1. The first-order valence-corrected chi connectivity index (χ1v) is 6.78. The molecular weight excluding hydrogens is 242 g/mol. The Morgan fingerprint density at radius 3 is 2.56 bits per heavy atom. The predicted molar refractivity (Wildman–Crippen MR) is 81.6 cm³/mol. The van der Waals surface area contributed by atoms with Gasteiger partial charge < -0.3 is 5.32 Å². The summed E-state index contributed by atoms with van der Waals surface area (Å²) in [6.07, 6.45) is 4.13. The molecule has 0 aliphatic carbocycles. The minimum absolute atomic E-state index is 0.523. The van der Waals surface area contributed by atoms with Gasteiger partial charge in [0.25, 0.3) is 0 Å². The van der Waals surface area contributed by atoms with Gasteiger partial charge in [0.2, 0.25) is 0 Å². The third-order valence-corrected chi connectivity index (χ3v) is 3.03. The summed E-state index contributed by atoms with van der Waals surface area (Å²) in [5.41, 5.74) is 4.04. The molecule has 1 rings (SSSR count). The fourth-order valence-electron chi connectivity index (χ4n) is 1.52. The smallest absolute Gasteiger partial charge is 0.187 e. The van der Waals surface area contributed by atoms with E-state index in [9.17, 15) is 0 Å². The molecule has 0 heterocycles. The van der Waals surface area contributed by atoms with Crippen molar-refractivity contribution in [2.75, 3.05) is 0 Å². The van der Waals surface area contributed by atoms with E-state index >= 15 is 0 Å². The van der Waals surface area contributed by atoms with Crippen molar-refractivity contribution in [3.05, 3.63) is 35.9 Å². The number of hydrogen-bond acceptors (Lipinski definition) is 2. The van der Waals surface area contributed by atoms with E-state index in [1.54, 1.807) is 0 Å². The Kier molecular flexibility index (Phi) is 7.03. The van der Waals surface area contributed by atoms with E-state index in [1.165, 1.54) is 5.56 Å². The summed E-state index contributed by atoms with van der Waals surface area (Å²) >= 11 is 5.14. The van der Waals surface area contributed by atoms with Gasteiger partial charge in [0.1, 0.15) is 0 Å². The summed E-state index contributed by atoms with van der Waals surface area (Å²) in [6.45, 7) is 5.03. The van der Waals surface area contributed by atoms with Crippen LogP contribution in [0.3, 0.4) is 0 Å². The van der Waals surface area contributed by atoms with Crippen molar-refractivity contribution in [2.24, 2.45) is 11.0 Å². The molecular formula is C14H21N3S. The van der Waals surface area contributed by atoms with Crippen LogP contribution in [0.5, 0.6) is 0 Å². The highest BCUT2D eigenvalue weighted by molar-refractivity contribution is 7.80. The lowest BCUT2D eigenvalue weighted by molar-refractivity contribution is 0.650. The van der Waals surface area contributed by atoms with E-state index in [0.29, 0.717) is 17.6 Å². The minimum Gasteiger partial charge on any atom is -0.357 e. The molecule has 2 N–H and O–H groups in total. The van der Waals surface area contributed by atoms with Gasteiger partial charge in [-0.1, -0.05) is 44.2 Å². The van der Waals surface area contributed by atoms with Crippen LogP contribution in [0.2, 0.25) is 0 Å². The average molecular weight is 263 g/mol. The highest BCUT2D eigenvalue weighted by Gasteiger charge is 1.98. The van der Waals surface area contributed by atoms with Crippen molar-refractivity contribution in [1.82, 2.24) is 10.7 Å². The lowest BCUT2D eigenvalue weighted by Gasteiger charge is -2.08. The van der Waals surface area contributed by atoms with E-state index in [4.69, 9.17) is 12.2 Å². The van der Waals surface area contributed by atoms with Gasteiger partial charge in [0.05, 0.1) is 0 Å². The van der Waals surface area contributed by atoms with Crippen molar-refractivity contribution < 1.29 is 0 Å². The van der Waals surface area contributed by atoms with Gasteiger partial charge in [-0.25, -0.2) is 0 Å². The topological polar surface area (TPSA) is 36.4 Å². The van der Waals surface area contributed by atoms with Crippen LogP contribution in [0, 0.1) is 5.92 Å². The second-order valence-electron chi connectivity index (χ2n) is 4.13. The molecule has 4 heteroatoms. The second kappa shape index (κ2) is 8.64. The van der Waals surface area contributed by atoms with E-state index in [-0.39, 0.29) is 0 Å². The minimum atomic E-state index is 0.523. The Bertz CT molecular complexity index is 372. The Morgan fingerprint density at radius 1 is 1.28 bits per heavy atom. The quantitative estimate of drug-likeness (QED) is 0.470. The molecule has 0 aliphatic heterocycles. The van der Waals surface area contributed by atoms with Crippen LogP contribution in [0.25, 0.3) is 0 Å². The second-order valence-corrected chi connectivity index (χ2v) is 4.54. The first kappa shape index (κ1) is 14.6. The number of thiocarbonyl (C=S) groups is 1. The molecule has 0 fully saturated rings. The zero-order chi connectivity index (χ0) is 13.2. The molecule has 0 aromatic heterocycles. The SMILES string of the molecule is CCC(/C=N\NC(=S)NCc1ccccc1)CC. The molecule has 0 saturated heterocycles. The lowest BCUT2D eigenvalue weighted by atomic mass is 10.1. The monoisotopic (exact) mass is 263 g/mol. The maximum absolute atomic E-state index is 5.14. The molecule has 0 aliphatic rings. The van der Waals surface area contributed by atoms with Gasteiger partial charge in [0, 0.05) is 12.8 Å². The van der Waals surface area contributed by atoms with Crippen LogP contribution in [-0.2, 0) is 6.54 Å². The first-order chi connectivity index (χ1) is 8.76. The van der Waals surface area contributed by atoms with Crippen LogP contribution in [0.15, 0.2) is 35.4 Å². The molecule has 1 aromatic rings. The number of rotatable bonds is 6. The van der Waals surface area contributed by atoms with Gasteiger partial charge in [-0.3, -0.25) is 5.43 Å². The zero-order valence-electron chi connectivity index (χ0n) is 11.0. The normalized spacial score (nSPS) is 10.8. The molecule has 0 unspecified atom stereocenters. The molecule has 0 amide bonds. The number of nitrogens with one attached hydrogen (secondary N) is 2. The first-order valence-electron chi connectivity index (χ1n) is 6.37. The summed E-state index contributed by atoms with van der Waals surface area (Å²) < 4.78 is 0. The fourth-order valence-corrected chi connectivity index (χ4v) is 1.64. The molecule has 0 saturated carbocycles. The third-order valence-electron chi connectivity index (χ3n) is 2.80. The summed E-state index contributed by atoms with van der Waals surface area (Å²) in [5, 5.41) is 7.82. The van der Waals surface area contributed by atoms with Crippen LogP contribution >= 0.6 is 12.2 Å². The zero-order valence-corrected chi connectivity index (χ0v) is 11.8. The molecule has 0 atom stereocenters. The Labute approximate surface area is 115 Å². The number of hydrogen-bond donors (Lipinski definition) is 2. The maximum Gasteiger partial charge on any atom is 0.187 e. The van der Waals surface area contributed by atoms with Gasteiger partial charge in [0.15, 0.2) is 5.11 Å². The van der Waals surface area contributed by atoms with Crippen molar-refractivity contribution in [1.29, 1.82) is 0 Å². The standard InChI is InChI=1S/C14H21N3S/c1-3-12(4-2)11-16-17-14(18)15-10-13-8-6-5-7-9-13/h5-9,11-12H,3-4,10H2,1-2H3,(H2,15,17,18)/b16-11-. The van der Waals surface area contributed by atoms with E-state index in [2.05, 4.69) is 41.8 Å². The highest BCUT2D eigenvalue weighted by atomic mass is 32.1. The Balaban J connectivity index is 2.26. The van der Waals surface area contributed by atoms with E-state index in [1.807, 2.05) is 24.4 Å². The Hall–Kier alpha value is -1.42. The molecule has 98 valence electrons. The molecule has 0 bridgehead atoms. The van der Waals surface area contributed by atoms with Crippen molar-refractivity contribution in [2.45, 2.75) is 33.2 Å². The third kappa shape index (κ3) is 5.77. The molecule has 0 spiro atoms. The number of hydrazone groups is 1. The van der Waals surface area contributed by atoms with Gasteiger partial charge in [-0.2, -0.15) is 5.10 Å². The summed E-state index contributed by atoms with van der Waals surface area (Å²) in [4.78, 5) is 0. The molecule has 3 nitrogen and oxygen atoms in total. The Morgan fingerprint density at radius 2 is 1.94 bits per heavy atom. The summed E-state index contributed by atoms with van der Waals surface area (Å²) in [5.74, 6) is 0.523. The van der Waals surface area contributed by atoms with Gasteiger partial charge >= 0.3 is 0 Å². The van der Waals surface area contributed by atoms with Crippen LogP contribution in [0.4, 0.5) is 0 Å². The van der Waals surface area contributed by atoms with Crippen LogP contribution in [-0.4, -0.2) is 11.3 Å². The van der Waals surface area contributed by atoms with E-state index < -0.39 is 0 Å². The fraction of sp³-hybridized carbons (Fsp3) is 0.429. The van der Waals surface area contributed by atoms with Crippen LogP contribution < -0.4 is 10.7 Å². The predicted octanol–water partition coefficient (Wildman–Crippen LogP) is 3.07. The van der Waals surface area contributed by atoms with Crippen molar-refractivity contribution >= 4 is 23.5 Å². The largest absolute Gasteiger partial charge is 0.357 e. The molecule has 0 radical (unpaired) electrons. The average Bonchev–Trinajstić information content (AvgIpc) is 2.42. The lowest BCUT2D eigenvalue weighted by Crippen LogP contribution is -2.31. The molecule has 1 aromatic carbocycles.